The molecule has 7 heteroatoms. The molecule has 0 bridgehead atoms. The molecule has 0 aromatic carbocycles. The molecule has 6 nitrogen and oxygen atoms in total. The molecule has 0 radical (unpaired) electrons. The molecular formula is C15H31N3O3S. The van der Waals surface area contributed by atoms with Crippen molar-refractivity contribution in [3.8, 4) is 0 Å². The van der Waals surface area contributed by atoms with Gasteiger partial charge >= 0.3 is 0 Å². The molecule has 0 aliphatic carbocycles. The summed E-state index contributed by atoms with van der Waals surface area (Å²) >= 11 is 0. The molecule has 0 aromatic rings. The molecule has 1 amide bonds. The van der Waals surface area contributed by atoms with E-state index < -0.39 is 10.0 Å². The van der Waals surface area contributed by atoms with Crippen molar-refractivity contribution in [2.75, 3.05) is 25.9 Å². The van der Waals surface area contributed by atoms with E-state index in [0.29, 0.717) is 6.54 Å². The number of nitrogens with one attached hydrogen (secondary N) is 2. The summed E-state index contributed by atoms with van der Waals surface area (Å²) < 4.78 is 25.0. The third-order valence-corrected chi connectivity index (χ3v) is 4.75. The summed E-state index contributed by atoms with van der Waals surface area (Å²) in [5, 5.41) is 3.04. The number of hydrogen-bond donors (Lipinski definition) is 2. The summed E-state index contributed by atoms with van der Waals surface area (Å²) in [6, 6.07) is 0.228. The lowest BCUT2D eigenvalue weighted by molar-refractivity contribution is -0.123. The van der Waals surface area contributed by atoms with Crippen LogP contribution in [0.5, 0.6) is 0 Å². The zero-order valence-corrected chi connectivity index (χ0v) is 14.9. The zero-order valence-electron chi connectivity index (χ0n) is 14.1. The van der Waals surface area contributed by atoms with Crippen molar-refractivity contribution in [2.24, 2.45) is 0 Å². The van der Waals surface area contributed by atoms with E-state index in [1.165, 1.54) is 19.1 Å². The molecular weight excluding hydrogens is 302 g/mol. The zero-order chi connectivity index (χ0) is 16.6. The first kappa shape index (κ1) is 19.4. The molecule has 1 saturated heterocycles. The normalized spacial score (nSPS) is 19.0. The SMILES string of the molecule is CCCCCC(C)NC(=O)CN1CCC(NS(C)(=O)=O)CC1. The molecule has 130 valence electrons. The van der Waals surface area contributed by atoms with Gasteiger partial charge in [-0.15, -0.1) is 0 Å². The third kappa shape index (κ3) is 8.70. The van der Waals surface area contributed by atoms with Gasteiger partial charge in [-0.05, 0) is 26.2 Å². The molecule has 1 rings (SSSR count). The van der Waals surface area contributed by atoms with Crippen molar-refractivity contribution in [1.29, 1.82) is 0 Å². The first-order valence-corrected chi connectivity index (χ1v) is 10.2. The molecule has 1 heterocycles. The van der Waals surface area contributed by atoms with Gasteiger partial charge in [-0.3, -0.25) is 9.69 Å². The molecule has 22 heavy (non-hydrogen) atoms. The van der Waals surface area contributed by atoms with Crippen LogP contribution >= 0.6 is 0 Å². The molecule has 1 aliphatic rings. The van der Waals surface area contributed by atoms with Crippen molar-refractivity contribution >= 4 is 15.9 Å². The lowest BCUT2D eigenvalue weighted by Crippen LogP contribution is -2.48. The van der Waals surface area contributed by atoms with Crippen LogP contribution in [0.4, 0.5) is 0 Å². The van der Waals surface area contributed by atoms with Gasteiger partial charge in [0.2, 0.25) is 15.9 Å². The second-order valence-electron chi connectivity index (χ2n) is 6.40. The van der Waals surface area contributed by atoms with E-state index in [1.807, 2.05) is 0 Å². The van der Waals surface area contributed by atoms with Crippen LogP contribution in [0.1, 0.15) is 52.4 Å². The average molecular weight is 333 g/mol. The maximum absolute atomic E-state index is 12.0. The molecule has 0 saturated carbocycles. The quantitative estimate of drug-likeness (QED) is 0.619. The monoisotopic (exact) mass is 333 g/mol. The topological polar surface area (TPSA) is 78.5 Å². The number of nitrogens with zero attached hydrogens (tertiary/aromatic N) is 1. The van der Waals surface area contributed by atoms with Gasteiger partial charge in [-0.2, -0.15) is 0 Å². The van der Waals surface area contributed by atoms with Crippen LogP contribution in [0.2, 0.25) is 0 Å². The molecule has 1 unspecified atom stereocenters. The Morgan fingerprint density at radius 2 is 1.91 bits per heavy atom. The van der Waals surface area contributed by atoms with Gasteiger partial charge in [0.25, 0.3) is 0 Å². The van der Waals surface area contributed by atoms with Crippen LogP contribution in [-0.4, -0.2) is 57.2 Å². The number of carbonyl (C=O) groups excluding carboxylic acids is 1. The Morgan fingerprint density at radius 1 is 1.27 bits per heavy atom. The third-order valence-electron chi connectivity index (χ3n) is 3.98. The molecule has 1 atom stereocenters. The summed E-state index contributed by atoms with van der Waals surface area (Å²) in [7, 11) is -3.14. The molecule has 2 N–H and O–H groups in total. The van der Waals surface area contributed by atoms with Crippen LogP contribution in [0.3, 0.4) is 0 Å². The summed E-state index contributed by atoms with van der Waals surface area (Å²) in [5.41, 5.74) is 0. The second kappa shape index (κ2) is 9.47. The van der Waals surface area contributed by atoms with E-state index >= 15 is 0 Å². The fraction of sp³-hybridized carbons (Fsp3) is 0.933. The van der Waals surface area contributed by atoms with Gasteiger partial charge in [-0.25, -0.2) is 13.1 Å². The van der Waals surface area contributed by atoms with Crippen molar-refractivity contribution in [2.45, 2.75) is 64.5 Å². The number of sulfonamides is 1. The minimum atomic E-state index is -3.14. The van der Waals surface area contributed by atoms with Crippen molar-refractivity contribution in [3.63, 3.8) is 0 Å². The van der Waals surface area contributed by atoms with E-state index in [4.69, 9.17) is 0 Å². The number of rotatable bonds is 9. The van der Waals surface area contributed by atoms with Gasteiger partial charge in [0, 0.05) is 25.2 Å². The molecule has 0 aromatic heterocycles. The van der Waals surface area contributed by atoms with Gasteiger partial charge in [0.05, 0.1) is 12.8 Å². The Labute approximate surface area is 135 Å². The Balaban J connectivity index is 2.21. The fourth-order valence-corrected chi connectivity index (χ4v) is 3.65. The highest BCUT2D eigenvalue weighted by Crippen LogP contribution is 2.11. The van der Waals surface area contributed by atoms with E-state index in [2.05, 4.69) is 28.8 Å². The van der Waals surface area contributed by atoms with Gasteiger partial charge in [0.15, 0.2) is 0 Å². The van der Waals surface area contributed by atoms with Crippen molar-refractivity contribution < 1.29 is 13.2 Å². The first-order chi connectivity index (χ1) is 10.3. The largest absolute Gasteiger partial charge is 0.353 e. The summed E-state index contributed by atoms with van der Waals surface area (Å²) in [5.74, 6) is 0.0681. The predicted molar refractivity (Wildman–Crippen MR) is 89.2 cm³/mol. The highest BCUT2D eigenvalue weighted by Gasteiger charge is 2.23. The average Bonchev–Trinajstić information content (AvgIpc) is 2.39. The van der Waals surface area contributed by atoms with Crippen molar-refractivity contribution in [3.05, 3.63) is 0 Å². The fourth-order valence-electron chi connectivity index (χ4n) is 2.81. The first-order valence-electron chi connectivity index (χ1n) is 8.29. The van der Waals surface area contributed by atoms with E-state index in [1.54, 1.807) is 0 Å². The molecule has 1 fully saturated rings. The standard InChI is InChI=1S/C15H31N3O3S/c1-4-5-6-7-13(2)16-15(19)12-18-10-8-14(9-11-18)17-22(3,20)21/h13-14,17H,4-12H2,1-3H3,(H,16,19). The number of carbonyl (C=O) groups is 1. The number of likely N-dealkylation sites (tertiary alicyclic amines) is 1. The van der Waals surface area contributed by atoms with Crippen LogP contribution in [0, 0.1) is 0 Å². The van der Waals surface area contributed by atoms with Gasteiger partial charge in [-0.1, -0.05) is 26.2 Å². The van der Waals surface area contributed by atoms with E-state index in [-0.39, 0.29) is 18.0 Å². The Morgan fingerprint density at radius 3 is 2.45 bits per heavy atom. The summed E-state index contributed by atoms with van der Waals surface area (Å²) in [6.45, 7) is 6.14. The predicted octanol–water partition coefficient (Wildman–Crippen LogP) is 1.09. The van der Waals surface area contributed by atoms with Crippen LogP contribution in [0.15, 0.2) is 0 Å². The maximum Gasteiger partial charge on any atom is 0.234 e. The van der Waals surface area contributed by atoms with Crippen molar-refractivity contribution in [1.82, 2.24) is 14.9 Å². The highest BCUT2D eigenvalue weighted by molar-refractivity contribution is 7.88. The molecule has 1 aliphatic heterocycles. The Bertz CT molecular complexity index is 431. The van der Waals surface area contributed by atoms with Gasteiger partial charge in [0.1, 0.15) is 0 Å². The van der Waals surface area contributed by atoms with Crippen LogP contribution in [0.25, 0.3) is 0 Å². The Kier molecular flexibility index (Phi) is 8.35. The second-order valence-corrected chi connectivity index (χ2v) is 8.18. The lowest BCUT2D eigenvalue weighted by atomic mass is 10.1. The maximum atomic E-state index is 12.0. The number of hydrogen-bond acceptors (Lipinski definition) is 4. The van der Waals surface area contributed by atoms with E-state index in [0.717, 1.165) is 38.8 Å². The van der Waals surface area contributed by atoms with Crippen LogP contribution < -0.4 is 10.0 Å². The van der Waals surface area contributed by atoms with E-state index in [9.17, 15) is 13.2 Å². The summed E-state index contributed by atoms with van der Waals surface area (Å²) in [4.78, 5) is 14.1. The lowest BCUT2D eigenvalue weighted by Gasteiger charge is -2.31. The Hall–Kier alpha value is -0.660. The number of unbranched alkanes of at least 4 members (excludes halogenated alkanes) is 2. The highest BCUT2D eigenvalue weighted by atomic mass is 32.2. The molecule has 0 spiro atoms. The smallest absolute Gasteiger partial charge is 0.234 e. The van der Waals surface area contributed by atoms with Crippen LogP contribution in [-0.2, 0) is 14.8 Å². The minimum Gasteiger partial charge on any atom is -0.353 e. The number of amides is 1. The number of piperidine rings is 1. The van der Waals surface area contributed by atoms with Gasteiger partial charge < -0.3 is 5.32 Å². The summed E-state index contributed by atoms with van der Waals surface area (Å²) in [6.07, 6.45) is 7.28. The minimum absolute atomic E-state index is 0.00211.